The summed E-state index contributed by atoms with van der Waals surface area (Å²) >= 11 is 0. The molecule has 2 amide bonds. The molecule has 0 radical (unpaired) electrons. The molecule has 1 saturated heterocycles. The lowest BCUT2D eigenvalue weighted by atomic mass is 9.89. The largest absolute Gasteiger partial charge is 0.480 e. The molecule has 0 spiro atoms. The third-order valence-electron chi connectivity index (χ3n) is 5.15. The highest BCUT2D eigenvalue weighted by Gasteiger charge is 2.44. The third kappa shape index (κ3) is 2.91. The van der Waals surface area contributed by atoms with Crippen LogP contribution in [0.1, 0.15) is 52.4 Å². The minimum atomic E-state index is -1.05. The number of rotatable bonds is 3. The molecule has 2 aliphatic rings. The molecule has 5 nitrogen and oxygen atoms in total. The Labute approximate surface area is 120 Å². The quantitative estimate of drug-likeness (QED) is 0.835. The van der Waals surface area contributed by atoms with E-state index in [2.05, 4.69) is 12.2 Å². The van der Waals surface area contributed by atoms with Gasteiger partial charge in [0.25, 0.3) is 0 Å². The van der Waals surface area contributed by atoms with Crippen LogP contribution in [0.25, 0.3) is 0 Å². The van der Waals surface area contributed by atoms with E-state index < -0.39 is 11.5 Å². The molecule has 5 heteroatoms. The first-order valence-corrected chi connectivity index (χ1v) is 7.74. The molecular formula is C15H26N2O3. The minimum absolute atomic E-state index is 0.214. The Bertz CT molecular complexity index is 385. The minimum Gasteiger partial charge on any atom is -0.480 e. The second-order valence-electron chi connectivity index (χ2n) is 6.54. The van der Waals surface area contributed by atoms with Gasteiger partial charge in [0.1, 0.15) is 5.54 Å². The summed E-state index contributed by atoms with van der Waals surface area (Å²) in [6.45, 7) is 5.10. The van der Waals surface area contributed by atoms with E-state index in [0.29, 0.717) is 31.3 Å². The molecule has 0 bridgehead atoms. The van der Waals surface area contributed by atoms with Crippen LogP contribution >= 0.6 is 0 Å². The van der Waals surface area contributed by atoms with Gasteiger partial charge in [-0.25, -0.2) is 9.59 Å². The van der Waals surface area contributed by atoms with Crippen LogP contribution in [0.5, 0.6) is 0 Å². The van der Waals surface area contributed by atoms with Crippen LogP contribution in [0.3, 0.4) is 0 Å². The molecule has 0 aromatic heterocycles. The van der Waals surface area contributed by atoms with E-state index in [0.717, 1.165) is 19.3 Å². The van der Waals surface area contributed by atoms with Crippen LogP contribution in [0, 0.1) is 11.8 Å². The number of hydrogen-bond acceptors (Lipinski definition) is 2. The number of likely N-dealkylation sites (tertiary alicyclic amines) is 1. The SMILES string of the molecule is CC1CCCC1CNC(=O)N1CCCCC1(C)C(=O)O. The molecular weight excluding hydrogens is 256 g/mol. The predicted octanol–water partition coefficient (Wildman–Crippen LogP) is 2.46. The monoisotopic (exact) mass is 282 g/mol. The average Bonchev–Trinajstić information content (AvgIpc) is 2.82. The first kappa shape index (κ1) is 15.1. The number of nitrogens with zero attached hydrogens (tertiary/aromatic N) is 1. The third-order valence-corrected chi connectivity index (χ3v) is 5.15. The van der Waals surface area contributed by atoms with Gasteiger partial charge >= 0.3 is 12.0 Å². The van der Waals surface area contributed by atoms with Crippen molar-refractivity contribution in [2.75, 3.05) is 13.1 Å². The topological polar surface area (TPSA) is 69.6 Å². The molecule has 0 aromatic carbocycles. The van der Waals surface area contributed by atoms with Gasteiger partial charge in [-0.1, -0.05) is 19.8 Å². The van der Waals surface area contributed by atoms with Crippen LogP contribution in [0.4, 0.5) is 4.79 Å². The van der Waals surface area contributed by atoms with Crippen molar-refractivity contribution in [3.63, 3.8) is 0 Å². The Kier molecular flexibility index (Phi) is 4.55. The van der Waals surface area contributed by atoms with E-state index in [1.165, 1.54) is 17.7 Å². The summed E-state index contributed by atoms with van der Waals surface area (Å²) in [7, 11) is 0. The van der Waals surface area contributed by atoms with Crippen LogP contribution in [0.2, 0.25) is 0 Å². The van der Waals surface area contributed by atoms with Crippen molar-refractivity contribution in [2.45, 2.75) is 57.9 Å². The summed E-state index contributed by atoms with van der Waals surface area (Å²) in [4.78, 5) is 25.3. The number of amides is 2. The number of urea groups is 1. The second kappa shape index (κ2) is 6.02. The van der Waals surface area contributed by atoms with Crippen LogP contribution < -0.4 is 5.32 Å². The second-order valence-corrected chi connectivity index (χ2v) is 6.54. The normalized spacial score (nSPS) is 34.0. The summed E-state index contributed by atoms with van der Waals surface area (Å²) in [5.41, 5.74) is -1.05. The van der Waals surface area contributed by atoms with Crippen molar-refractivity contribution in [1.29, 1.82) is 0 Å². The van der Waals surface area contributed by atoms with E-state index >= 15 is 0 Å². The number of piperidine rings is 1. The number of carboxylic acids is 1. The van der Waals surface area contributed by atoms with E-state index in [4.69, 9.17) is 0 Å². The van der Waals surface area contributed by atoms with Gasteiger partial charge in [0.2, 0.25) is 0 Å². The van der Waals surface area contributed by atoms with Gasteiger partial charge in [-0.2, -0.15) is 0 Å². The summed E-state index contributed by atoms with van der Waals surface area (Å²) in [6.07, 6.45) is 5.92. The molecule has 0 aromatic rings. The Morgan fingerprint density at radius 2 is 2.05 bits per heavy atom. The lowest BCUT2D eigenvalue weighted by Crippen LogP contribution is -2.60. The molecule has 2 rings (SSSR count). The van der Waals surface area contributed by atoms with Crippen molar-refractivity contribution in [3.05, 3.63) is 0 Å². The Morgan fingerprint density at radius 3 is 2.65 bits per heavy atom. The van der Waals surface area contributed by atoms with Crippen molar-refractivity contribution in [3.8, 4) is 0 Å². The van der Waals surface area contributed by atoms with Crippen LogP contribution in [0.15, 0.2) is 0 Å². The Balaban J connectivity index is 1.94. The summed E-state index contributed by atoms with van der Waals surface area (Å²) < 4.78 is 0. The maximum absolute atomic E-state index is 12.3. The first-order chi connectivity index (χ1) is 9.45. The van der Waals surface area contributed by atoms with E-state index in [9.17, 15) is 14.7 Å². The maximum atomic E-state index is 12.3. The first-order valence-electron chi connectivity index (χ1n) is 7.74. The lowest BCUT2D eigenvalue weighted by Gasteiger charge is -2.41. The molecule has 1 heterocycles. The predicted molar refractivity (Wildman–Crippen MR) is 76.5 cm³/mol. The summed E-state index contributed by atoms with van der Waals surface area (Å²) in [5, 5.41) is 12.4. The van der Waals surface area contributed by atoms with Crippen molar-refractivity contribution >= 4 is 12.0 Å². The van der Waals surface area contributed by atoms with Gasteiger partial charge in [0.15, 0.2) is 0 Å². The van der Waals surface area contributed by atoms with Crippen LogP contribution in [-0.2, 0) is 4.79 Å². The molecule has 1 aliphatic carbocycles. The van der Waals surface area contributed by atoms with E-state index in [1.807, 2.05) is 0 Å². The van der Waals surface area contributed by atoms with Crippen molar-refractivity contribution in [1.82, 2.24) is 10.2 Å². The fourth-order valence-electron chi connectivity index (χ4n) is 3.51. The number of carboxylic acid groups (broad SMARTS) is 1. The standard InChI is InChI=1S/C15H26N2O3/c1-11-6-5-7-12(11)10-16-14(20)17-9-4-3-8-15(17,2)13(18)19/h11-12H,3-10H2,1-2H3,(H,16,20)(H,18,19). The zero-order chi connectivity index (χ0) is 14.8. The van der Waals surface area contributed by atoms with Crippen molar-refractivity contribution < 1.29 is 14.7 Å². The van der Waals surface area contributed by atoms with Crippen molar-refractivity contribution in [2.24, 2.45) is 11.8 Å². The number of nitrogens with one attached hydrogen (secondary N) is 1. The zero-order valence-electron chi connectivity index (χ0n) is 12.5. The highest BCUT2D eigenvalue weighted by Crippen LogP contribution is 2.31. The molecule has 1 saturated carbocycles. The smallest absolute Gasteiger partial charge is 0.329 e. The number of carbonyl (C=O) groups excluding carboxylic acids is 1. The molecule has 3 atom stereocenters. The highest BCUT2D eigenvalue weighted by atomic mass is 16.4. The number of carbonyl (C=O) groups is 2. The molecule has 3 unspecified atom stereocenters. The van der Waals surface area contributed by atoms with Gasteiger partial charge in [-0.15, -0.1) is 0 Å². The van der Waals surface area contributed by atoms with Gasteiger partial charge < -0.3 is 15.3 Å². The van der Waals surface area contributed by atoms with Crippen LogP contribution in [-0.4, -0.2) is 40.6 Å². The molecule has 114 valence electrons. The summed E-state index contributed by atoms with van der Waals surface area (Å²) in [6, 6.07) is -0.214. The fourth-order valence-corrected chi connectivity index (χ4v) is 3.51. The number of hydrogen-bond donors (Lipinski definition) is 2. The molecule has 2 N–H and O–H groups in total. The lowest BCUT2D eigenvalue weighted by molar-refractivity contribution is -0.150. The van der Waals surface area contributed by atoms with Gasteiger partial charge in [0.05, 0.1) is 0 Å². The highest BCUT2D eigenvalue weighted by molar-refractivity contribution is 5.86. The fraction of sp³-hybridized carbons (Fsp3) is 0.867. The Hall–Kier alpha value is -1.26. The Morgan fingerprint density at radius 1 is 1.30 bits per heavy atom. The maximum Gasteiger partial charge on any atom is 0.329 e. The molecule has 20 heavy (non-hydrogen) atoms. The van der Waals surface area contributed by atoms with E-state index in [-0.39, 0.29) is 6.03 Å². The van der Waals surface area contributed by atoms with Gasteiger partial charge in [-0.05, 0) is 44.4 Å². The average molecular weight is 282 g/mol. The van der Waals surface area contributed by atoms with Gasteiger partial charge in [0, 0.05) is 13.1 Å². The molecule has 2 fully saturated rings. The zero-order valence-corrected chi connectivity index (χ0v) is 12.5. The molecule has 1 aliphatic heterocycles. The number of aliphatic carboxylic acids is 1. The summed E-state index contributed by atoms with van der Waals surface area (Å²) in [5.74, 6) is 0.295. The van der Waals surface area contributed by atoms with E-state index in [1.54, 1.807) is 6.92 Å². The van der Waals surface area contributed by atoms with Gasteiger partial charge in [-0.3, -0.25) is 0 Å².